The molecule has 0 fully saturated rings. The minimum atomic E-state index is -0.231. The number of hydrogen-bond acceptors (Lipinski definition) is 5. The van der Waals surface area contributed by atoms with Gasteiger partial charge in [0.25, 0.3) is 0 Å². The SMILES string of the molecule is CC(C)c1cc(C(C)C)c(-c2cccc(-c3c(C(C)C)cc(C(C)C)cc3C(C)C)c2N2[CH-]N(c3[c-]c(Oc4[c-]c5c(cc4)c4c6sc7ccccc7c6ccc4n5-c4cc(C(C)(C)C)ccn4)cc(C(C)(C)C)c3)c3ccccc32)c(C(C)C)c1.[Pt]. The molecule has 0 spiro atoms. The van der Waals surface area contributed by atoms with E-state index < -0.39 is 0 Å². The molecule has 0 saturated heterocycles. The number of aromatic nitrogens is 2. The number of rotatable bonds is 13. The van der Waals surface area contributed by atoms with E-state index in [4.69, 9.17) is 9.72 Å². The molecular formula is C80H85N4OPtS-3. The fourth-order valence-corrected chi connectivity index (χ4v) is 14.2. The minimum Gasteiger partial charge on any atom is -0.509 e. The molecule has 0 radical (unpaired) electrons. The molecule has 8 aromatic carbocycles. The molecule has 3 aromatic heterocycles. The Balaban J connectivity index is 0.00000784. The molecule has 87 heavy (non-hydrogen) atoms. The number of benzene rings is 8. The molecule has 7 heteroatoms. The van der Waals surface area contributed by atoms with Crippen molar-refractivity contribution in [1.82, 2.24) is 9.55 Å². The van der Waals surface area contributed by atoms with Gasteiger partial charge in [0, 0.05) is 92.6 Å². The molecule has 5 nitrogen and oxygen atoms in total. The Hall–Kier alpha value is -6.98. The summed E-state index contributed by atoms with van der Waals surface area (Å²) in [6.07, 6.45) is 1.94. The number of ether oxygens (including phenoxy) is 1. The van der Waals surface area contributed by atoms with E-state index in [0.717, 1.165) is 44.9 Å². The molecule has 1 aliphatic rings. The summed E-state index contributed by atoms with van der Waals surface area (Å²) in [5, 5.41) is 4.84. The Labute approximate surface area is 537 Å². The van der Waals surface area contributed by atoms with Crippen LogP contribution in [0.1, 0.15) is 205 Å². The number of anilines is 4. The first-order chi connectivity index (χ1) is 40.9. The van der Waals surface area contributed by atoms with Crippen LogP contribution in [0.2, 0.25) is 0 Å². The Kier molecular flexibility index (Phi) is 16.7. The maximum absolute atomic E-state index is 7.17. The van der Waals surface area contributed by atoms with Crippen LogP contribution in [0.3, 0.4) is 0 Å². The first kappa shape index (κ1) is 61.7. The van der Waals surface area contributed by atoms with Crippen LogP contribution in [-0.4, -0.2) is 9.55 Å². The molecule has 450 valence electrons. The summed E-state index contributed by atoms with van der Waals surface area (Å²) in [6.45, 7) is 44.2. The van der Waals surface area contributed by atoms with Crippen LogP contribution in [0.15, 0.2) is 146 Å². The number of pyridine rings is 1. The number of hydrogen-bond donors (Lipinski definition) is 0. The number of nitrogens with zero attached hydrogens (tertiary/aromatic N) is 4. The Morgan fingerprint density at radius 2 is 1.03 bits per heavy atom. The number of para-hydroxylation sites is 3. The quantitative estimate of drug-likeness (QED) is 0.108. The molecule has 0 N–H and O–H groups in total. The van der Waals surface area contributed by atoms with Gasteiger partial charge in [0.2, 0.25) is 0 Å². The first-order valence-electron chi connectivity index (χ1n) is 31.4. The first-order valence-corrected chi connectivity index (χ1v) is 32.2. The largest absolute Gasteiger partial charge is 0.509 e. The summed E-state index contributed by atoms with van der Waals surface area (Å²) in [7, 11) is 0. The van der Waals surface area contributed by atoms with Gasteiger partial charge in [-0.1, -0.05) is 209 Å². The summed E-state index contributed by atoms with van der Waals surface area (Å²) in [6, 6.07) is 60.2. The molecule has 0 amide bonds. The molecule has 0 aliphatic carbocycles. The zero-order chi connectivity index (χ0) is 61.0. The molecule has 1 aliphatic heterocycles. The van der Waals surface area contributed by atoms with Gasteiger partial charge >= 0.3 is 0 Å². The normalized spacial score (nSPS) is 13.1. The van der Waals surface area contributed by atoms with Crippen LogP contribution in [0, 0.1) is 18.8 Å². The maximum atomic E-state index is 7.17. The van der Waals surface area contributed by atoms with Crippen LogP contribution in [-0.2, 0) is 31.9 Å². The summed E-state index contributed by atoms with van der Waals surface area (Å²) >= 11 is 1.85. The zero-order valence-electron chi connectivity index (χ0n) is 54.3. The van der Waals surface area contributed by atoms with Crippen molar-refractivity contribution in [2.24, 2.45) is 0 Å². The van der Waals surface area contributed by atoms with Crippen LogP contribution in [0.4, 0.5) is 22.7 Å². The van der Waals surface area contributed by atoms with Crippen molar-refractivity contribution in [3.63, 3.8) is 0 Å². The van der Waals surface area contributed by atoms with Crippen LogP contribution in [0.25, 0.3) is 70.0 Å². The zero-order valence-corrected chi connectivity index (χ0v) is 57.4. The smallest absolute Gasteiger partial charge is 0.135 e. The van der Waals surface area contributed by atoms with Gasteiger partial charge in [0.1, 0.15) is 5.82 Å². The number of thiophene rings is 1. The fourth-order valence-electron chi connectivity index (χ4n) is 13.0. The maximum Gasteiger partial charge on any atom is 0.135 e. The third-order valence-corrected chi connectivity index (χ3v) is 19.1. The topological polar surface area (TPSA) is 33.5 Å². The Morgan fingerprint density at radius 1 is 0.494 bits per heavy atom. The second-order valence-corrected chi connectivity index (χ2v) is 29.2. The van der Waals surface area contributed by atoms with E-state index in [2.05, 4.69) is 297 Å². The second kappa shape index (κ2) is 23.5. The molecule has 12 rings (SSSR count). The van der Waals surface area contributed by atoms with Gasteiger partial charge in [-0.05, 0) is 138 Å². The molecule has 0 atom stereocenters. The van der Waals surface area contributed by atoms with E-state index in [1.54, 1.807) is 0 Å². The predicted molar refractivity (Wildman–Crippen MR) is 370 cm³/mol. The standard InChI is InChI=1S/C80H85N4OS.Pt/c1-46(2)52-36-64(48(5)6)74(65(37-52)49(7)8)62-25-23-26-63(75-66(50(9)10)38-53(47(3)4)39-67(75)51(11)12)77(62)83-45-82(68-27-20-21-28-69(68)83)56-40-55(80(16,17)18)41-58(43-56)85-57-30-31-61-71(44-57)84(73-42-54(34-35-81-73)79(13,14)15)70-33-32-60-59-24-19-22-29-72(59)86-78(60)76(61)70;/h19-42,45-51H,1-18H3;/q-3;. The van der Waals surface area contributed by atoms with E-state index in [9.17, 15) is 0 Å². The van der Waals surface area contributed by atoms with E-state index in [1.165, 1.54) is 92.4 Å². The average molecular weight is 1350 g/mol. The van der Waals surface area contributed by atoms with Gasteiger partial charge in [-0.2, -0.15) is 6.07 Å². The van der Waals surface area contributed by atoms with Gasteiger partial charge in [-0.15, -0.1) is 65.0 Å². The summed E-state index contributed by atoms with van der Waals surface area (Å²) in [5.74, 6) is 4.03. The van der Waals surface area contributed by atoms with Crippen molar-refractivity contribution in [2.75, 3.05) is 9.80 Å². The Morgan fingerprint density at radius 3 is 1.59 bits per heavy atom. The predicted octanol–water partition coefficient (Wildman–Crippen LogP) is 24.0. The van der Waals surface area contributed by atoms with Crippen molar-refractivity contribution in [3.8, 4) is 39.6 Å². The third-order valence-electron chi connectivity index (χ3n) is 17.9. The average Bonchev–Trinajstić information content (AvgIpc) is 1.65. The number of fused-ring (bicyclic) bond motifs is 8. The molecule has 4 heterocycles. The van der Waals surface area contributed by atoms with E-state index >= 15 is 0 Å². The monoisotopic (exact) mass is 1340 g/mol. The summed E-state index contributed by atoms with van der Waals surface area (Å²) < 4.78 is 12.0. The van der Waals surface area contributed by atoms with Gasteiger partial charge in [-0.3, -0.25) is 0 Å². The summed E-state index contributed by atoms with van der Waals surface area (Å²) in [5.41, 5.74) is 21.8. The molecule has 0 unspecified atom stereocenters. The summed E-state index contributed by atoms with van der Waals surface area (Å²) in [4.78, 5) is 9.92. The van der Waals surface area contributed by atoms with Gasteiger partial charge < -0.3 is 19.1 Å². The van der Waals surface area contributed by atoms with Crippen molar-refractivity contribution >= 4 is 76.1 Å². The molecule has 11 aromatic rings. The van der Waals surface area contributed by atoms with Gasteiger partial charge in [0.15, 0.2) is 0 Å². The van der Waals surface area contributed by atoms with E-state index in [-0.39, 0.29) is 55.6 Å². The minimum absolute atomic E-state index is 0. The van der Waals surface area contributed by atoms with Gasteiger partial charge in [0.05, 0.1) is 0 Å². The van der Waals surface area contributed by atoms with Crippen molar-refractivity contribution in [3.05, 3.63) is 209 Å². The second-order valence-electron chi connectivity index (χ2n) is 28.1. The van der Waals surface area contributed by atoms with Crippen LogP contribution in [0.5, 0.6) is 11.5 Å². The van der Waals surface area contributed by atoms with Crippen molar-refractivity contribution in [1.29, 1.82) is 0 Å². The van der Waals surface area contributed by atoms with E-state index in [0.29, 0.717) is 23.3 Å². The molecule has 0 saturated carbocycles. The van der Waals surface area contributed by atoms with Crippen LogP contribution >= 0.6 is 11.3 Å². The van der Waals surface area contributed by atoms with E-state index in [1.807, 2.05) is 17.5 Å². The fraction of sp³-hybridized carbons (Fsp3) is 0.325. The van der Waals surface area contributed by atoms with Crippen LogP contribution < -0.4 is 14.5 Å². The van der Waals surface area contributed by atoms with Crippen molar-refractivity contribution < 1.29 is 25.8 Å². The molecule has 0 bridgehead atoms. The van der Waals surface area contributed by atoms with Crippen molar-refractivity contribution in [2.45, 2.75) is 171 Å². The third kappa shape index (κ3) is 11.2. The molecular weight excluding hydrogens is 1260 g/mol. The Bertz CT molecular complexity index is 4270. The van der Waals surface area contributed by atoms with Gasteiger partial charge in [-0.25, -0.2) is 4.98 Å².